The van der Waals surface area contributed by atoms with Crippen LogP contribution in [0.25, 0.3) is 0 Å². The molecule has 0 aliphatic heterocycles. The van der Waals surface area contributed by atoms with Crippen LogP contribution in [-0.4, -0.2) is 37.0 Å². The standard InChI is InChI=1S/C23H21ClN2O6/c1-25(14-15-5-4-6-18(11-15)30-2)23(27)16-7-9-21(22(12-16)31-3)32-20-10-8-17(24)13-19(20)26(28)29/h4-13H,14H2,1-3H3. The molecule has 8 nitrogen and oxygen atoms in total. The van der Waals surface area contributed by atoms with Crippen LogP contribution >= 0.6 is 11.6 Å². The molecule has 0 aliphatic carbocycles. The minimum Gasteiger partial charge on any atom is -0.497 e. The van der Waals surface area contributed by atoms with E-state index in [1.54, 1.807) is 25.1 Å². The van der Waals surface area contributed by atoms with Gasteiger partial charge in [0, 0.05) is 30.2 Å². The number of nitro groups is 1. The summed E-state index contributed by atoms with van der Waals surface area (Å²) < 4.78 is 16.3. The van der Waals surface area contributed by atoms with Gasteiger partial charge >= 0.3 is 5.69 Å². The van der Waals surface area contributed by atoms with Crippen molar-refractivity contribution in [1.82, 2.24) is 4.90 Å². The van der Waals surface area contributed by atoms with Gasteiger partial charge in [0.15, 0.2) is 11.5 Å². The number of methoxy groups -OCH3 is 2. The van der Waals surface area contributed by atoms with E-state index in [0.717, 1.165) is 5.56 Å². The fourth-order valence-corrected chi connectivity index (χ4v) is 3.23. The SMILES string of the molecule is COc1cccc(CN(C)C(=O)c2ccc(Oc3ccc(Cl)cc3[N+](=O)[O-])c(OC)c2)c1. The third kappa shape index (κ3) is 5.28. The smallest absolute Gasteiger partial charge is 0.313 e. The summed E-state index contributed by atoms with van der Waals surface area (Å²) in [7, 11) is 4.70. The number of halogens is 1. The summed E-state index contributed by atoms with van der Waals surface area (Å²) in [6, 6.07) is 16.2. The van der Waals surface area contributed by atoms with Crippen molar-refractivity contribution < 1.29 is 23.9 Å². The number of benzene rings is 3. The minimum absolute atomic E-state index is 0.00641. The topological polar surface area (TPSA) is 91.1 Å². The molecule has 1 amide bonds. The quantitative estimate of drug-likeness (QED) is 0.336. The molecule has 3 aromatic carbocycles. The van der Waals surface area contributed by atoms with Gasteiger partial charge < -0.3 is 19.1 Å². The van der Waals surface area contributed by atoms with Gasteiger partial charge in [-0.2, -0.15) is 0 Å². The third-order valence-electron chi connectivity index (χ3n) is 4.65. The summed E-state index contributed by atoms with van der Waals surface area (Å²) >= 11 is 5.85. The van der Waals surface area contributed by atoms with Gasteiger partial charge in [-0.3, -0.25) is 14.9 Å². The molecule has 0 unspecified atom stereocenters. The molecule has 3 rings (SSSR count). The van der Waals surface area contributed by atoms with Crippen LogP contribution < -0.4 is 14.2 Å². The maximum Gasteiger partial charge on any atom is 0.313 e. The Labute approximate surface area is 190 Å². The lowest BCUT2D eigenvalue weighted by molar-refractivity contribution is -0.385. The average Bonchev–Trinajstić information content (AvgIpc) is 2.79. The van der Waals surface area contributed by atoms with E-state index in [9.17, 15) is 14.9 Å². The van der Waals surface area contributed by atoms with Gasteiger partial charge in [-0.15, -0.1) is 0 Å². The molecule has 166 valence electrons. The lowest BCUT2D eigenvalue weighted by Gasteiger charge is -2.19. The van der Waals surface area contributed by atoms with Gasteiger partial charge in [0.25, 0.3) is 5.91 Å². The zero-order chi connectivity index (χ0) is 23.3. The van der Waals surface area contributed by atoms with Crippen molar-refractivity contribution in [3.05, 3.63) is 86.9 Å². The van der Waals surface area contributed by atoms with Gasteiger partial charge in [-0.1, -0.05) is 23.7 Å². The van der Waals surface area contributed by atoms with E-state index < -0.39 is 4.92 Å². The van der Waals surface area contributed by atoms with E-state index in [1.165, 1.54) is 37.4 Å². The van der Waals surface area contributed by atoms with Gasteiger partial charge in [0.2, 0.25) is 5.75 Å². The number of rotatable bonds is 8. The summed E-state index contributed by atoms with van der Waals surface area (Å²) in [5.74, 6) is 0.977. The summed E-state index contributed by atoms with van der Waals surface area (Å²) in [5.41, 5.74) is 1.02. The molecular formula is C23H21ClN2O6. The number of amides is 1. The highest BCUT2D eigenvalue weighted by Gasteiger charge is 2.20. The second-order valence-electron chi connectivity index (χ2n) is 6.85. The first-order valence-corrected chi connectivity index (χ1v) is 9.88. The predicted molar refractivity (Wildman–Crippen MR) is 120 cm³/mol. The Morgan fingerprint density at radius 2 is 1.75 bits per heavy atom. The van der Waals surface area contributed by atoms with Crippen LogP contribution in [0.2, 0.25) is 5.02 Å². The second kappa shape index (κ2) is 10.0. The number of hydrogen-bond acceptors (Lipinski definition) is 6. The van der Waals surface area contributed by atoms with E-state index >= 15 is 0 Å². The van der Waals surface area contributed by atoms with Crippen LogP contribution in [0.1, 0.15) is 15.9 Å². The van der Waals surface area contributed by atoms with Crippen molar-refractivity contribution in [3.8, 4) is 23.0 Å². The van der Waals surface area contributed by atoms with Gasteiger partial charge in [-0.25, -0.2) is 0 Å². The van der Waals surface area contributed by atoms with Crippen LogP contribution in [0.3, 0.4) is 0 Å². The van der Waals surface area contributed by atoms with Crippen LogP contribution in [0.4, 0.5) is 5.69 Å². The highest BCUT2D eigenvalue weighted by atomic mass is 35.5. The molecular weight excluding hydrogens is 436 g/mol. The molecule has 0 fully saturated rings. The van der Waals surface area contributed by atoms with E-state index in [2.05, 4.69) is 0 Å². The average molecular weight is 457 g/mol. The van der Waals surface area contributed by atoms with Crippen molar-refractivity contribution in [3.63, 3.8) is 0 Å². The Kier molecular flexibility index (Phi) is 7.17. The maximum absolute atomic E-state index is 12.9. The number of nitrogens with zero attached hydrogens (tertiary/aromatic N) is 2. The molecule has 0 aliphatic rings. The van der Waals surface area contributed by atoms with E-state index in [0.29, 0.717) is 17.9 Å². The lowest BCUT2D eigenvalue weighted by atomic mass is 10.1. The molecule has 3 aromatic rings. The number of carbonyl (C=O) groups excluding carboxylic acids is 1. The van der Waals surface area contributed by atoms with Crippen LogP contribution in [0.5, 0.6) is 23.0 Å². The fourth-order valence-electron chi connectivity index (χ4n) is 3.06. The Morgan fingerprint density at radius 1 is 1.00 bits per heavy atom. The molecule has 0 saturated heterocycles. The Hall–Kier alpha value is -3.78. The Morgan fingerprint density at radius 3 is 2.44 bits per heavy atom. The molecule has 0 radical (unpaired) electrons. The van der Waals surface area contributed by atoms with Crippen molar-refractivity contribution in [1.29, 1.82) is 0 Å². The summed E-state index contributed by atoms with van der Waals surface area (Å²) in [4.78, 5) is 25.2. The summed E-state index contributed by atoms with van der Waals surface area (Å²) in [6.07, 6.45) is 0. The molecule has 0 atom stereocenters. The van der Waals surface area contributed by atoms with Crippen molar-refractivity contribution in [2.75, 3.05) is 21.3 Å². The number of ether oxygens (including phenoxy) is 3. The Balaban J connectivity index is 1.81. The zero-order valence-electron chi connectivity index (χ0n) is 17.7. The molecule has 9 heteroatoms. The number of carbonyl (C=O) groups is 1. The van der Waals surface area contributed by atoms with Crippen molar-refractivity contribution in [2.24, 2.45) is 0 Å². The highest BCUT2D eigenvalue weighted by molar-refractivity contribution is 6.30. The molecule has 0 spiro atoms. The highest BCUT2D eigenvalue weighted by Crippen LogP contribution is 2.38. The third-order valence-corrected chi connectivity index (χ3v) is 4.88. The number of hydrogen-bond donors (Lipinski definition) is 0. The largest absolute Gasteiger partial charge is 0.497 e. The predicted octanol–water partition coefficient (Wildman–Crippen LogP) is 5.33. The number of nitro benzene ring substituents is 1. The lowest BCUT2D eigenvalue weighted by Crippen LogP contribution is -2.26. The fraction of sp³-hybridized carbons (Fsp3) is 0.174. The normalized spacial score (nSPS) is 10.4. The molecule has 32 heavy (non-hydrogen) atoms. The van der Waals surface area contributed by atoms with Crippen LogP contribution in [0.15, 0.2) is 60.7 Å². The van der Waals surface area contributed by atoms with Crippen molar-refractivity contribution in [2.45, 2.75) is 6.54 Å². The van der Waals surface area contributed by atoms with Crippen molar-refractivity contribution >= 4 is 23.2 Å². The van der Waals surface area contributed by atoms with Gasteiger partial charge in [-0.05, 0) is 48.0 Å². The summed E-state index contributed by atoms with van der Waals surface area (Å²) in [5, 5.41) is 11.5. The first-order chi connectivity index (χ1) is 15.3. The van der Waals surface area contributed by atoms with Gasteiger partial charge in [0.05, 0.1) is 19.1 Å². The first-order valence-electron chi connectivity index (χ1n) is 9.50. The van der Waals surface area contributed by atoms with E-state index in [4.69, 9.17) is 25.8 Å². The molecule has 0 saturated carbocycles. The second-order valence-corrected chi connectivity index (χ2v) is 7.29. The van der Waals surface area contributed by atoms with Crippen LogP contribution in [-0.2, 0) is 6.54 Å². The summed E-state index contributed by atoms with van der Waals surface area (Å²) in [6.45, 7) is 0.383. The molecule has 0 aromatic heterocycles. The Bertz CT molecular complexity index is 1150. The molecule has 0 heterocycles. The van der Waals surface area contributed by atoms with E-state index in [-0.39, 0.29) is 33.9 Å². The first kappa shape index (κ1) is 22.9. The monoisotopic (exact) mass is 456 g/mol. The minimum atomic E-state index is -0.584. The van der Waals surface area contributed by atoms with Gasteiger partial charge in [0.1, 0.15) is 5.75 Å². The molecule has 0 bridgehead atoms. The zero-order valence-corrected chi connectivity index (χ0v) is 18.5. The maximum atomic E-state index is 12.9. The van der Waals surface area contributed by atoms with Crippen LogP contribution in [0, 0.1) is 10.1 Å². The molecule has 0 N–H and O–H groups in total. The van der Waals surface area contributed by atoms with E-state index in [1.807, 2.05) is 24.3 Å².